The Morgan fingerprint density at radius 3 is 2.40 bits per heavy atom. The highest BCUT2D eigenvalue weighted by atomic mass is 32.2. The second-order valence-electron chi connectivity index (χ2n) is 4.97. The summed E-state index contributed by atoms with van der Waals surface area (Å²) in [5, 5.41) is 0. The van der Waals surface area contributed by atoms with E-state index in [0.717, 1.165) is 11.3 Å². The molecule has 1 amide bonds. The summed E-state index contributed by atoms with van der Waals surface area (Å²) in [4.78, 5) is 12.2. The number of carbonyl (C=O) groups excluding carboxylic acids is 1. The average Bonchev–Trinajstić information content (AvgIpc) is 2.71. The number of nitrogens with zero attached hydrogens (tertiary/aromatic N) is 1. The lowest BCUT2D eigenvalue weighted by Gasteiger charge is -2.34. The molecule has 0 radical (unpaired) electrons. The van der Waals surface area contributed by atoms with Crippen molar-refractivity contribution in [2.24, 2.45) is 5.73 Å². The van der Waals surface area contributed by atoms with Crippen LogP contribution in [0.25, 0.3) is 0 Å². The van der Waals surface area contributed by atoms with Gasteiger partial charge >= 0.3 is 0 Å². The normalized spacial score (nSPS) is 24.8. The van der Waals surface area contributed by atoms with Gasteiger partial charge in [0.1, 0.15) is 0 Å². The first-order chi connectivity index (χ1) is 9.21. The van der Waals surface area contributed by atoms with Crippen molar-refractivity contribution in [1.82, 2.24) is 4.31 Å². The maximum atomic E-state index is 12.7. The molecule has 6 nitrogen and oxygen atoms in total. The Balaban J connectivity index is 2.37. The number of primary amides is 1. The molecule has 2 atom stereocenters. The van der Waals surface area contributed by atoms with Crippen LogP contribution in [0, 0.1) is 6.92 Å². The average molecular weight is 318 g/mol. The topological polar surface area (TPSA) is 89.7 Å². The second kappa shape index (κ2) is 5.44. The van der Waals surface area contributed by atoms with Crippen molar-refractivity contribution in [3.05, 3.63) is 15.8 Å². The Morgan fingerprint density at radius 2 is 1.95 bits per heavy atom. The van der Waals surface area contributed by atoms with Crippen molar-refractivity contribution in [3.63, 3.8) is 0 Å². The zero-order valence-corrected chi connectivity index (χ0v) is 13.3. The van der Waals surface area contributed by atoms with Gasteiger partial charge in [-0.15, -0.1) is 11.3 Å². The number of hydrogen-bond acceptors (Lipinski definition) is 5. The molecule has 1 fully saturated rings. The molecule has 8 heteroatoms. The maximum absolute atomic E-state index is 12.7. The molecule has 112 valence electrons. The molecular weight excluding hydrogens is 300 g/mol. The molecule has 1 saturated heterocycles. The molecule has 0 spiro atoms. The van der Waals surface area contributed by atoms with Gasteiger partial charge in [0.05, 0.1) is 22.0 Å². The third-order valence-electron chi connectivity index (χ3n) is 3.12. The molecule has 1 aliphatic heterocycles. The van der Waals surface area contributed by atoms with E-state index in [1.54, 1.807) is 6.92 Å². The summed E-state index contributed by atoms with van der Waals surface area (Å²) in [5.41, 5.74) is 5.20. The van der Waals surface area contributed by atoms with Crippen LogP contribution >= 0.6 is 11.3 Å². The minimum absolute atomic E-state index is 0.150. The van der Waals surface area contributed by atoms with Gasteiger partial charge in [-0.1, -0.05) is 0 Å². The molecule has 0 bridgehead atoms. The molecular formula is C12H18N2O4S2. The smallest absolute Gasteiger partial charge is 0.258 e. The van der Waals surface area contributed by atoms with Crippen LogP contribution in [0.5, 0.6) is 0 Å². The van der Waals surface area contributed by atoms with E-state index in [1.165, 1.54) is 10.4 Å². The highest BCUT2D eigenvalue weighted by molar-refractivity contribution is 7.89. The Hall–Kier alpha value is -0.960. The molecule has 2 N–H and O–H groups in total. The lowest BCUT2D eigenvalue weighted by Crippen LogP contribution is -2.48. The van der Waals surface area contributed by atoms with Crippen molar-refractivity contribution >= 4 is 27.3 Å². The third kappa shape index (κ3) is 2.88. The number of morpholine rings is 1. The molecule has 2 rings (SSSR count). The first-order valence-electron chi connectivity index (χ1n) is 6.27. The largest absolute Gasteiger partial charge is 0.373 e. The van der Waals surface area contributed by atoms with Gasteiger partial charge in [0, 0.05) is 18.0 Å². The predicted octanol–water partition coefficient (Wildman–Crippen LogP) is 0.953. The minimum atomic E-state index is -3.62. The van der Waals surface area contributed by atoms with Crippen molar-refractivity contribution in [1.29, 1.82) is 0 Å². The van der Waals surface area contributed by atoms with Gasteiger partial charge in [-0.05, 0) is 26.8 Å². The van der Waals surface area contributed by atoms with E-state index in [2.05, 4.69) is 0 Å². The minimum Gasteiger partial charge on any atom is -0.373 e. The van der Waals surface area contributed by atoms with Gasteiger partial charge in [0.25, 0.3) is 5.91 Å². The number of sulfonamides is 1. The van der Waals surface area contributed by atoms with E-state index in [4.69, 9.17) is 10.5 Å². The highest BCUT2D eigenvalue weighted by Crippen LogP contribution is 2.29. The van der Waals surface area contributed by atoms with Crippen molar-refractivity contribution in [3.8, 4) is 0 Å². The first kappa shape index (κ1) is 15.4. The standard InChI is InChI=1S/C12H18N2O4S2/c1-7-5-14(6-8(2)18-7)20(16,17)11-4-10(12(13)15)19-9(11)3/h4,7-8H,5-6H2,1-3H3,(H2,13,15)/t7-,8-/m0/s1. The fourth-order valence-corrected chi connectivity index (χ4v) is 5.31. The van der Waals surface area contributed by atoms with Crippen LogP contribution in [0.1, 0.15) is 28.4 Å². The number of ether oxygens (including phenoxy) is 1. The summed E-state index contributed by atoms with van der Waals surface area (Å²) in [5.74, 6) is -0.608. The van der Waals surface area contributed by atoms with Crippen LogP contribution in [0.15, 0.2) is 11.0 Å². The van der Waals surface area contributed by atoms with Gasteiger partial charge in [0.15, 0.2) is 0 Å². The molecule has 20 heavy (non-hydrogen) atoms. The zero-order chi connectivity index (χ0) is 15.1. The molecule has 2 heterocycles. The molecule has 0 aromatic carbocycles. The summed E-state index contributed by atoms with van der Waals surface area (Å²) in [6.07, 6.45) is -0.300. The van der Waals surface area contributed by atoms with E-state index in [-0.39, 0.29) is 22.0 Å². The zero-order valence-electron chi connectivity index (χ0n) is 11.6. The van der Waals surface area contributed by atoms with Gasteiger partial charge in [-0.2, -0.15) is 4.31 Å². The van der Waals surface area contributed by atoms with Crippen LogP contribution in [-0.2, 0) is 14.8 Å². The Bertz CT molecular complexity index is 613. The van der Waals surface area contributed by atoms with E-state index in [9.17, 15) is 13.2 Å². The quantitative estimate of drug-likeness (QED) is 0.898. The van der Waals surface area contributed by atoms with E-state index in [0.29, 0.717) is 18.0 Å². The number of hydrogen-bond donors (Lipinski definition) is 1. The summed E-state index contributed by atoms with van der Waals surface area (Å²) in [7, 11) is -3.62. The molecule has 0 aliphatic carbocycles. The van der Waals surface area contributed by atoms with Gasteiger partial charge in [0.2, 0.25) is 10.0 Å². The van der Waals surface area contributed by atoms with Gasteiger partial charge in [-0.25, -0.2) is 8.42 Å². The fraction of sp³-hybridized carbons (Fsp3) is 0.583. The number of nitrogens with two attached hydrogens (primary N) is 1. The lowest BCUT2D eigenvalue weighted by molar-refractivity contribution is -0.0440. The van der Waals surface area contributed by atoms with Gasteiger partial charge < -0.3 is 10.5 Å². The number of rotatable bonds is 3. The van der Waals surface area contributed by atoms with Crippen LogP contribution < -0.4 is 5.73 Å². The monoisotopic (exact) mass is 318 g/mol. The van der Waals surface area contributed by atoms with Crippen molar-refractivity contribution in [2.45, 2.75) is 37.9 Å². The van der Waals surface area contributed by atoms with Gasteiger partial charge in [-0.3, -0.25) is 4.79 Å². The summed E-state index contributed by atoms with van der Waals surface area (Å²) < 4.78 is 32.3. The second-order valence-corrected chi connectivity index (χ2v) is 8.14. The number of aryl methyl sites for hydroxylation is 1. The summed E-state index contributed by atoms with van der Waals surface area (Å²) in [6, 6.07) is 1.36. The first-order valence-corrected chi connectivity index (χ1v) is 8.53. The van der Waals surface area contributed by atoms with Crippen LogP contribution in [0.2, 0.25) is 0 Å². The molecule has 1 aromatic heterocycles. The number of thiophene rings is 1. The van der Waals surface area contributed by atoms with Crippen LogP contribution in [0.4, 0.5) is 0 Å². The third-order valence-corrected chi connectivity index (χ3v) is 6.27. The Labute approximate surface area is 122 Å². The van der Waals surface area contributed by atoms with Crippen LogP contribution in [0.3, 0.4) is 0 Å². The lowest BCUT2D eigenvalue weighted by atomic mass is 10.3. The predicted molar refractivity (Wildman–Crippen MR) is 76.3 cm³/mol. The van der Waals surface area contributed by atoms with E-state index >= 15 is 0 Å². The number of carbonyl (C=O) groups is 1. The SMILES string of the molecule is Cc1sc(C(N)=O)cc1S(=O)(=O)N1C[C@H](C)O[C@@H](C)C1. The molecule has 0 saturated carbocycles. The summed E-state index contributed by atoms with van der Waals surface area (Å²) >= 11 is 1.10. The number of amides is 1. The summed E-state index contributed by atoms with van der Waals surface area (Å²) in [6.45, 7) is 5.99. The van der Waals surface area contributed by atoms with Crippen molar-refractivity contribution in [2.75, 3.05) is 13.1 Å². The molecule has 1 aliphatic rings. The van der Waals surface area contributed by atoms with Crippen molar-refractivity contribution < 1.29 is 17.9 Å². The molecule has 1 aromatic rings. The van der Waals surface area contributed by atoms with Crippen LogP contribution in [-0.4, -0.2) is 43.9 Å². The van der Waals surface area contributed by atoms with E-state index in [1.807, 2.05) is 13.8 Å². The Morgan fingerprint density at radius 1 is 1.40 bits per heavy atom. The highest BCUT2D eigenvalue weighted by Gasteiger charge is 2.34. The fourth-order valence-electron chi connectivity index (χ4n) is 2.31. The maximum Gasteiger partial charge on any atom is 0.258 e. The molecule has 0 unspecified atom stereocenters. The Kier molecular flexibility index (Phi) is 4.19. The van der Waals surface area contributed by atoms with E-state index < -0.39 is 15.9 Å².